The lowest BCUT2D eigenvalue weighted by Crippen LogP contribution is -2.20. The molecule has 0 bridgehead atoms. The molecule has 3 aromatic rings. The van der Waals surface area contributed by atoms with Gasteiger partial charge in [0, 0.05) is 22.3 Å². The molecule has 0 saturated heterocycles. The van der Waals surface area contributed by atoms with Crippen LogP contribution in [0.25, 0.3) is 11.4 Å². The number of halogens is 1. The van der Waals surface area contributed by atoms with E-state index in [2.05, 4.69) is 15.5 Å². The van der Waals surface area contributed by atoms with E-state index in [1.165, 1.54) is 0 Å². The first-order valence-electron chi connectivity index (χ1n) is 8.36. The quantitative estimate of drug-likeness (QED) is 0.585. The molecule has 0 aliphatic carbocycles. The SMILES string of the molecule is COc1cc(C)c(NC(=O)Cn2c(-c3ccc(Cl)cc3)n[nH]c2=S)cc1OC. The predicted octanol–water partition coefficient (Wildman–Crippen LogP) is 4.23. The van der Waals surface area contributed by atoms with E-state index in [-0.39, 0.29) is 12.5 Å². The molecular formula is C19H19ClN4O3S. The zero-order chi connectivity index (χ0) is 20.3. The van der Waals surface area contributed by atoms with Crippen LogP contribution in [0.1, 0.15) is 5.56 Å². The van der Waals surface area contributed by atoms with Crippen LogP contribution < -0.4 is 14.8 Å². The summed E-state index contributed by atoms with van der Waals surface area (Å²) in [6, 6.07) is 10.7. The van der Waals surface area contributed by atoms with Crippen molar-refractivity contribution in [3.63, 3.8) is 0 Å². The molecule has 7 nitrogen and oxygen atoms in total. The number of carbonyl (C=O) groups excluding carboxylic acids is 1. The molecule has 2 aromatic carbocycles. The summed E-state index contributed by atoms with van der Waals surface area (Å²) in [6.45, 7) is 1.88. The van der Waals surface area contributed by atoms with E-state index in [0.29, 0.717) is 32.8 Å². The highest BCUT2D eigenvalue weighted by molar-refractivity contribution is 7.71. The van der Waals surface area contributed by atoms with E-state index in [0.717, 1.165) is 11.1 Å². The molecule has 2 N–H and O–H groups in total. The van der Waals surface area contributed by atoms with Crippen molar-refractivity contribution in [1.82, 2.24) is 14.8 Å². The van der Waals surface area contributed by atoms with Gasteiger partial charge in [-0.3, -0.25) is 14.5 Å². The second kappa shape index (κ2) is 8.45. The van der Waals surface area contributed by atoms with Crippen LogP contribution in [0.2, 0.25) is 5.02 Å². The standard InChI is InChI=1S/C19H19ClN4O3S/c1-11-8-15(26-2)16(27-3)9-14(11)21-17(25)10-24-18(22-23-19(24)28)12-4-6-13(20)7-5-12/h4-9H,10H2,1-3H3,(H,21,25)(H,23,28). The van der Waals surface area contributed by atoms with Gasteiger partial charge in [0.25, 0.3) is 0 Å². The van der Waals surface area contributed by atoms with Gasteiger partial charge in [0.2, 0.25) is 5.91 Å². The first-order valence-corrected chi connectivity index (χ1v) is 9.15. The first kappa shape index (κ1) is 19.9. The summed E-state index contributed by atoms with van der Waals surface area (Å²) in [4.78, 5) is 12.7. The number of H-pyrrole nitrogens is 1. The van der Waals surface area contributed by atoms with Gasteiger partial charge < -0.3 is 14.8 Å². The Morgan fingerprint density at radius 3 is 2.50 bits per heavy atom. The van der Waals surface area contributed by atoms with Crippen LogP contribution in [0.4, 0.5) is 5.69 Å². The zero-order valence-corrected chi connectivity index (χ0v) is 17.1. The fraction of sp³-hybridized carbons (Fsp3) is 0.211. The van der Waals surface area contributed by atoms with E-state index in [1.807, 2.05) is 19.1 Å². The normalized spacial score (nSPS) is 10.6. The highest BCUT2D eigenvalue weighted by Gasteiger charge is 2.15. The van der Waals surface area contributed by atoms with Gasteiger partial charge in [0.05, 0.1) is 14.2 Å². The number of hydrogen-bond acceptors (Lipinski definition) is 5. The van der Waals surface area contributed by atoms with Crippen LogP contribution in [0.5, 0.6) is 11.5 Å². The number of nitrogens with zero attached hydrogens (tertiary/aromatic N) is 2. The van der Waals surface area contributed by atoms with E-state index < -0.39 is 0 Å². The van der Waals surface area contributed by atoms with Gasteiger partial charge in [-0.1, -0.05) is 11.6 Å². The maximum atomic E-state index is 12.7. The number of carbonyl (C=O) groups is 1. The largest absolute Gasteiger partial charge is 0.493 e. The van der Waals surface area contributed by atoms with Crippen LogP contribution >= 0.6 is 23.8 Å². The van der Waals surface area contributed by atoms with Crippen molar-refractivity contribution < 1.29 is 14.3 Å². The Balaban J connectivity index is 1.84. The second-order valence-electron chi connectivity index (χ2n) is 6.02. The number of hydrogen-bond donors (Lipinski definition) is 2. The van der Waals surface area contributed by atoms with E-state index >= 15 is 0 Å². The summed E-state index contributed by atoms with van der Waals surface area (Å²) >= 11 is 11.2. The minimum Gasteiger partial charge on any atom is -0.493 e. The van der Waals surface area contributed by atoms with Crippen molar-refractivity contribution >= 4 is 35.4 Å². The monoisotopic (exact) mass is 418 g/mol. The predicted molar refractivity (Wildman–Crippen MR) is 111 cm³/mol. The molecule has 28 heavy (non-hydrogen) atoms. The van der Waals surface area contributed by atoms with Crippen molar-refractivity contribution in [1.29, 1.82) is 0 Å². The van der Waals surface area contributed by atoms with E-state index in [9.17, 15) is 4.79 Å². The molecule has 0 spiro atoms. The Morgan fingerprint density at radius 2 is 1.86 bits per heavy atom. The summed E-state index contributed by atoms with van der Waals surface area (Å²) in [5.41, 5.74) is 2.28. The number of nitrogens with one attached hydrogen (secondary N) is 2. The average molecular weight is 419 g/mol. The molecule has 146 valence electrons. The average Bonchev–Trinajstić information content (AvgIpc) is 3.04. The molecule has 1 aromatic heterocycles. The zero-order valence-electron chi connectivity index (χ0n) is 15.6. The summed E-state index contributed by atoms with van der Waals surface area (Å²) in [5.74, 6) is 1.44. The molecule has 3 rings (SSSR count). The van der Waals surface area contributed by atoms with Gasteiger partial charge in [0.1, 0.15) is 6.54 Å². The molecule has 0 saturated carbocycles. The molecule has 0 aliphatic rings. The molecule has 1 heterocycles. The molecule has 0 radical (unpaired) electrons. The smallest absolute Gasteiger partial charge is 0.244 e. The maximum absolute atomic E-state index is 12.7. The van der Waals surface area contributed by atoms with Crippen molar-refractivity contribution in [2.24, 2.45) is 0 Å². The fourth-order valence-corrected chi connectivity index (χ4v) is 3.05. The van der Waals surface area contributed by atoms with Gasteiger partial charge in [0.15, 0.2) is 22.1 Å². The minimum absolute atomic E-state index is 0.00107. The van der Waals surface area contributed by atoms with Gasteiger partial charge in [-0.05, 0) is 55.0 Å². The van der Waals surface area contributed by atoms with Gasteiger partial charge in [-0.15, -0.1) is 0 Å². The summed E-state index contributed by atoms with van der Waals surface area (Å²) in [7, 11) is 3.11. The third kappa shape index (κ3) is 4.18. The van der Waals surface area contributed by atoms with Crippen molar-refractivity contribution in [2.45, 2.75) is 13.5 Å². The molecule has 0 unspecified atom stereocenters. The summed E-state index contributed by atoms with van der Waals surface area (Å²) < 4.78 is 12.6. The number of aromatic amines is 1. The first-order chi connectivity index (χ1) is 13.4. The fourth-order valence-electron chi connectivity index (χ4n) is 2.73. The number of methoxy groups -OCH3 is 2. The number of aryl methyl sites for hydroxylation is 1. The Morgan fingerprint density at radius 1 is 1.21 bits per heavy atom. The maximum Gasteiger partial charge on any atom is 0.244 e. The molecular weight excluding hydrogens is 400 g/mol. The topological polar surface area (TPSA) is 81.2 Å². The van der Waals surface area contributed by atoms with Crippen LogP contribution in [0, 0.1) is 11.7 Å². The lowest BCUT2D eigenvalue weighted by Gasteiger charge is -2.14. The number of anilines is 1. The highest BCUT2D eigenvalue weighted by Crippen LogP contribution is 2.33. The van der Waals surface area contributed by atoms with Crippen molar-refractivity contribution in [3.05, 3.63) is 51.8 Å². The van der Waals surface area contributed by atoms with E-state index in [1.54, 1.807) is 43.1 Å². The van der Waals surface area contributed by atoms with Gasteiger partial charge >= 0.3 is 0 Å². The Hall–Kier alpha value is -2.84. The van der Waals surface area contributed by atoms with Gasteiger partial charge in [-0.2, -0.15) is 5.10 Å². The Kier molecular flexibility index (Phi) is 6.01. The van der Waals surface area contributed by atoms with Crippen LogP contribution in [-0.2, 0) is 11.3 Å². The summed E-state index contributed by atoms with van der Waals surface area (Å²) in [5, 5.41) is 10.5. The third-order valence-corrected chi connectivity index (χ3v) is 4.73. The number of aromatic nitrogens is 3. The van der Waals surface area contributed by atoms with Crippen LogP contribution in [-0.4, -0.2) is 34.9 Å². The lowest BCUT2D eigenvalue weighted by atomic mass is 10.1. The number of benzene rings is 2. The van der Waals surface area contributed by atoms with E-state index in [4.69, 9.17) is 33.3 Å². The van der Waals surface area contributed by atoms with Crippen LogP contribution in [0.3, 0.4) is 0 Å². The Bertz CT molecular complexity index is 1060. The number of amides is 1. The van der Waals surface area contributed by atoms with Crippen LogP contribution in [0.15, 0.2) is 36.4 Å². The number of rotatable bonds is 6. The molecule has 0 aliphatic heterocycles. The molecule has 9 heteroatoms. The molecule has 0 fully saturated rings. The van der Waals surface area contributed by atoms with Crippen molar-refractivity contribution in [2.75, 3.05) is 19.5 Å². The minimum atomic E-state index is -0.247. The Labute approximate surface area is 172 Å². The molecule has 0 atom stereocenters. The highest BCUT2D eigenvalue weighted by atomic mass is 35.5. The second-order valence-corrected chi connectivity index (χ2v) is 6.84. The van der Waals surface area contributed by atoms with Gasteiger partial charge in [-0.25, -0.2) is 0 Å². The third-order valence-electron chi connectivity index (χ3n) is 4.17. The number of ether oxygens (including phenoxy) is 2. The lowest BCUT2D eigenvalue weighted by molar-refractivity contribution is -0.116. The summed E-state index contributed by atoms with van der Waals surface area (Å²) in [6.07, 6.45) is 0. The van der Waals surface area contributed by atoms with Crippen molar-refractivity contribution in [3.8, 4) is 22.9 Å². The molecule has 1 amide bonds.